The van der Waals surface area contributed by atoms with E-state index in [4.69, 9.17) is 11.1 Å². The number of sulfonamides is 1. The van der Waals surface area contributed by atoms with Crippen LogP contribution in [0.1, 0.15) is 25.3 Å². The Kier molecular flexibility index (Phi) is 4.72. The normalized spacial score (nSPS) is 11.2. The van der Waals surface area contributed by atoms with Crippen LogP contribution in [0.5, 0.6) is 0 Å². The van der Waals surface area contributed by atoms with Gasteiger partial charge >= 0.3 is 0 Å². The molecule has 3 N–H and O–H groups in total. The van der Waals surface area contributed by atoms with Crippen molar-refractivity contribution in [2.45, 2.75) is 19.8 Å². The van der Waals surface area contributed by atoms with Crippen LogP contribution < -0.4 is 10.0 Å². The maximum Gasteiger partial charge on any atom is 0.234 e. The van der Waals surface area contributed by atoms with Crippen LogP contribution in [0.25, 0.3) is 0 Å². The zero-order valence-electron chi connectivity index (χ0n) is 10.7. The standard InChI is InChI=1S/C12H19N3O2S/c1-3-4-8-18(16,17)15(2)11-7-5-6-10(9-11)12(13)14/h5-7,9H,3-4,8H2,1-2H3,(H3,13,14). The lowest BCUT2D eigenvalue weighted by molar-refractivity contribution is 0.591. The Bertz CT molecular complexity index is 526. The number of nitrogens with one attached hydrogen (secondary N) is 1. The lowest BCUT2D eigenvalue weighted by Gasteiger charge is -2.19. The first-order valence-corrected chi connectivity index (χ1v) is 7.40. The average molecular weight is 269 g/mol. The maximum absolute atomic E-state index is 12.0. The Morgan fingerprint density at radius 2 is 2.11 bits per heavy atom. The lowest BCUT2D eigenvalue weighted by atomic mass is 10.2. The van der Waals surface area contributed by atoms with E-state index in [2.05, 4.69) is 0 Å². The summed E-state index contributed by atoms with van der Waals surface area (Å²) in [6.45, 7) is 1.95. The summed E-state index contributed by atoms with van der Waals surface area (Å²) in [4.78, 5) is 0. The Balaban J connectivity index is 3.00. The molecule has 1 aromatic rings. The molecule has 6 heteroatoms. The van der Waals surface area contributed by atoms with E-state index in [9.17, 15) is 8.42 Å². The largest absolute Gasteiger partial charge is 0.384 e. The molecular formula is C12H19N3O2S. The van der Waals surface area contributed by atoms with Gasteiger partial charge in [0.25, 0.3) is 0 Å². The molecule has 1 aromatic carbocycles. The first kappa shape index (κ1) is 14.5. The van der Waals surface area contributed by atoms with Gasteiger partial charge in [-0.3, -0.25) is 9.71 Å². The number of anilines is 1. The van der Waals surface area contributed by atoms with Gasteiger partial charge in [-0.15, -0.1) is 0 Å². The van der Waals surface area contributed by atoms with Gasteiger partial charge < -0.3 is 5.73 Å². The summed E-state index contributed by atoms with van der Waals surface area (Å²) < 4.78 is 25.3. The van der Waals surface area contributed by atoms with Crippen molar-refractivity contribution < 1.29 is 8.42 Å². The van der Waals surface area contributed by atoms with Gasteiger partial charge in [0.05, 0.1) is 11.4 Å². The highest BCUT2D eigenvalue weighted by Gasteiger charge is 2.17. The summed E-state index contributed by atoms with van der Waals surface area (Å²) >= 11 is 0. The van der Waals surface area contributed by atoms with Crippen molar-refractivity contribution in [3.63, 3.8) is 0 Å². The minimum atomic E-state index is -3.30. The van der Waals surface area contributed by atoms with Crippen LogP contribution in [0.4, 0.5) is 5.69 Å². The van der Waals surface area contributed by atoms with Gasteiger partial charge in [-0.1, -0.05) is 25.5 Å². The minimum Gasteiger partial charge on any atom is -0.384 e. The van der Waals surface area contributed by atoms with E-state index in [1.807, 2.05) is 6.92 Å². The molecule has 0 unspecified atom stereocenters. The number of nitrogen functional groups attached to an aromatic ring is 1. The van der Waals surface area contributed by atoms with E-state index in [1.54, 1.807) is 24.3 Å². The van der Waals surface area contributed by atoms with Gasteiger partial charge in [-0.2, -0.15) is 0 Å². The van der Waals surface area contributed by atoms with Crippen LogP contribution in [0.15, 0.2) is 24.3 Å². The molecule has 0 amide bonds. The monoisotopic (exact) mass is 269 g/mol. The predicted molar refractivity (Wildman–Crippen MR) is 74.6 cm³/mol. The molecule has 0 spiro atoms. The molecule has 0 radical (unpaired) electrons. The summed E-state index contributed by atoms with van der Waals surface area (Å²) in [6.07, 6.45) is 1.47. The molecule has 0 aliphatic heterocycles. The number of hydrogen-bond donors (Lipinski definition) is 2. The Morgan fingerprint density at radius 3 is 2.67 bits per heavy atom. The first-order valence-electron chi connectivity index (χ1n) is 5.79. The third-order valence-electron chi connectivity index (χ3n) is 2.69. The SMILES string of the molecule is CCCCS(=O)(=O)N(C)c1cccc(C(=N)N)c1. The zero-order chi connectivity index (χ0) is 13.8. The molecule has 0 aliphatic carbocycles. The van der Waals surface area contributed by atoms with E-state index in [0.29, 0.717) is 17.7 Å². The fourth-order valence-electron chi connectivity index (χ4n) is 1.49. The van der Waals surface area contributed by atoms with Gasteiger partial charge in [0.1, 0.15) is 5.84 Å². The van der Waals surface area contributed by atoms with Crippen molar-refractivity contribution in [3.05, 3.63) is 29.8 Å². The topological polar surface area (TPSA) is 87.2 Å². The highest BCUT2D eigenvalue weighted by molar-refractivity contribution is 7.92. The molecule has 0 heterocycles. The Hall–Kier alpha value is -1.56. The minimum absolute atomic E-state index is 0.0730. The van der Waals surface area contributed by atoms with Crippen LogP contribution in [-0.2, 0) is 10.0 Å². The summed E-state index contributed by atoms with van der Waals surface area (Å²) in [5, 5.41) is 7.35. The Labute approximate surface area is 108 Å². The highest BCUT2D eigenvalue weighted by Crippen LogP contribution is 2.18. The molecule has 0 aliphatic rings. The third-order valence-corrected chi connectivity index (χ3v) is 4.54. The number of nitrogens with zero attached hydrogens (tertiary/aromatic N) is 1. The van der Waals surface area contributed by atoms with Crippen LogP contribution in [0.2, 0.25) is 0 Å². The molecule has 0 saturated heterocycles. The summed E-state index contributed by atoms with van der Waals surface area (Å²) in [5.74, 6) is 0.0563. The van der Waals surface area contributed by atoms with Gasteiger partial charge in [-0.25, -0.2) is 8.42 Å². The number of unbranched alkanes of at least 4 members (excludes halogenated alkanes) is 1. The molecule has 5 nitrogen and oxygen atoms in total. The zero-order valence-corrected chi connectivity index (χ0v) is 11.5. The molecular weight excluding hydrogens is 250 g/mol. The number of amidine groups is 1. The first-order chi connectivity index (χ1) is 8.38. The van der Waals surface area contributed by atoms with Crippen LogP contribution >= 0.6 is 0 Å². The van der Waals surface area contributed by atoms with E-state index in [-0.39, 0.29) is 11.6 Å². The summed E-state index contributed by atoms with van der Waals surface area (Å²) in [6, 6.07) is 6.66. The number of hydrogen-bond acceptors (Lipinski definition) is 3. The molecule has 0 aromatic heterocycles. The average Bonchev–Trinajstić information content (AvgIpc) is 2.35. The molecule has 0 saturated carbocycles. The predicted octanol–water partition coefficient (Wildman–Crippen LogP) is 1.54. The molecule has 0 atom stereocenters. The van der Waals surface area contributed by atoms with Gasteiger partial charge in [0.15, 0.2) is 0 Å². The van der Waals surface area contributed by atoms with Crippen molar-refractivity contribution in [2.75, 3.05) is 17.1 Å². The molecule has 1 rings (SSSR count). The van der Waals surface area contributed by atoms with Crippen molar-refractivity contribution in [3.8, 4) is 0 Å². The van der Waals surface area contributed by atoms with Crippen molar-refractivity contribution in [1.29, 1.82) is 5.41 Å². The van der Waals surface area contributed by atoms with Crippen LogP contribution in [0.3, 0.4) is 0 Å². The Morgan fingerprint density at radius 1 is 1.44 bits per heavy atom. The van der Waals surface area contributed by atoms with E-state index in [0.717, 1.165) is 6.42 Å². The maximum atomic E-state index is 12.0. The molecule has 18 heavy (non-hydrogen) atoms. The molecule has 0 fully saturated rings. The van der Waals surface area contributed by atoms with E-state index >= 15 is 0 Å². The lowest BCUT2D eigenvalue weighted by Crippen LogP contribution is -2.29. The smallest absolute Gasteiger partial charge is 0.234 e. The molecule has 100 valence electrons. The number of benzene rings is 1. The fraction of sp³-hybridized carbons (Fsp3) is 0.417. The highest BCUT2D eigenvalue weighted by atomic mass is 32.2. The van der Waals surface area contributed by atoms with Gasteiger partial charge in [-0.05, 0) is 18.6 Å². The third kappa shape index (κ3) is 3.46. The van der Waals surface area contributed by atoms with Gasteiger partial charge in [0, 0.05) is 12.6 Å². The summed E-state index contributed by atoms with van der Waals surface area (Å²) in [7, 11) is -1.78. The summed E-state index contributed by atoms with van der Waals surface area (Å²) in [5.41, 5.74) is 6.43. The van der Waals surface area contributed by atoms with E-state index < -0.39 is 10.0 Å². The van der Waals surface area contributed by atoms with Crippen molar-refractivity contribution in [2.24, 2.45) is 5.73 Å². The fourth-order valence-corrected chi connectivity index (χ4v) is 2.86. The second-order valence-electron chi connectivity index (χ2n) is 4.10. The number of rotatable bonds is 6. The second-order valence-corrected chi connectivity index (χ2v) is 6.22. The molecule has 0 bridgehead atoms. The second kappa shape index (κ2) is 5.86. The van der Waals surface area contributed by atoms with Crippen molar-refractivity contribution in [1.82, 2.24) is 0 Å². The van der Waals surface area contributed by atoms with Crippen LogP contribution in [-0.4, -0.2) is 27.1 Å². The quantitative estimate of drug-likeness (QED) is 0.606. The number of nitrogens with two attached hydrogens (primary N) is 1. The van der Waals surface area contributed by atoms with E-state index in [1.165, 1.54) is 11.4 Å². The van der Waals surface area contributed by atoms with Crippen LogP contribution in [0, 0.1) is 5.41 Å². The van der Waals surface area contributed by atoms with Gasteiger partial charge in [0.2, 0.25) is 10.0 Å². The van der Waals surface area contributed by atoms with Crippen molar-refractivity contribution >= 4 is 21.5 Å².